The van der Waals surface area contributed by atoms with E-state index in [2.05, 4.69) is 9.55 Å². The number of hydrogen-bond donors (Lipinski definition) is 0. The fourth-order valence-corrected chi connectivity index (χ4v) is 4.24. The third-order valence-electron chi connectivity index (χ3n) is 4.59. The quantitative estimate of drug-likeness (QED) is 0.634. The summed E-state index contributed by atoms with van der Waals surface area (Å²) in [6.45, 7) is 6.88. The predicted molar refractivity (Wildman–Crippen MR) is 101 cm³/mol. The van der Waals surface area contributed by atoms with Crippen molar-refractivity contribution in [2.75, 3.05) is 0 Å². The lowest BCUT2D eigenvalue weighted by Gasteiger charge is -2.17. The number of nitrogens with zero attached hydrogens (tertiary/aromatic N) is 3. The average Bonchev–Trinajstić information content (AvgIpc) is 3.28. The first-order chi connectivity index (χ1) is 12.0. The van der Waals surface area contributed by atoms with Crippen molar-refractivity contribution in [1.82, 2.24) is 14.5 Å². The molecule has 4 rings (SSSR count). The standard InChI is InChI=1S/C20H21N3OS/c1-20(2,3)19(24)14-8-12-25-18(14)16-17(13-6-9-21-10-7-13)23-11-4-5-15(23)22-16/h6-10,12H,4-5,11H2,1-3H3. The number of carbonyl (C=O) groups excluding carboxylic acids is 1. The van der Waals surface area contributed by atoms with Crippen molar-refractivity contribution in [1.29, 1.82) is 0 Å². The third-order valence-corrected chi connectivity index (χ3v) is 5.51. The summed E-state index contributed by atoms with van der Waals surface area (Å²) in [6.07, 6.45) is 5.73. The number of thiophene rings is 1. The highest BCUT2D eigenvalue weighted by Crippen LogP contribution is 2.40. The van der Waals surface area contributed by atoms with Gasteiger partial charge >= 0.3 is 0 Å². The number of hydrogen-bond acceptors (Lipinski definition) is 4. The summed E-state index contributed by atoms with van der Waals surface area (Å²) in [5, 5.41) is 2.00. The molecule has 4 nitrogen and oxygen atoms in total. The second kappa shape index (κ2) is 5.92. The van der Waals surface area contributed by atoms with Crippen molar-refractivity contribution in [3.05, 3.63) is 47.4 Å². The van der Waals surface area contributed by atoms with Gasteiger partial charge in [-0.15, -0.1) is 11.3 Å². The Labute approximate surface area is 151 Å². The molecule has 3 aromatic heterocycles. The molecule has 0 atom stereocenters. The van der Waals surface area contributed by atoms with Crippen LogP contribution in [0.2, 0.25) is 0 Å². The van der Waals surface area contributed by atoms with Crippen LogP contribution in [0.3, 0.4) is 0 Å². The van der Waals surface area contributed by atoms with Crippen LogP contribution < -0.4 is 0 Å². The minimum absolute atomic E-state index is 0.164. The molecule has 1 aliphatic heterocycles. The molecule has 0 unspecified atom stereocenters. The predicted octanol–water partition coefficient (Wildman–Crippen LogP) is 4.85. The largest absolute Gasteiger partial charge is 0.327 e. The summed E-state index contributed by atoms with van der Waals surface area (Å²) in [4.78, 5) is 23.0. The lowest BCUT2D eigenvalue weighted by Crippen LogP contribution is -2.20. The molecule has 0 bridgehead atoms. The number of fused-ring (bicyclic) bond motifs is 1. The molecular formula is C20H21N3OS. The molecule has 0 N–H and O–H groups in total. The lowest BCUT2D eigenvalue weighted by atomic mass is 9.86. The van der Waals surface area contributed by atoms with Gasteiger partial charge < -0.3 is 4.57 Å². The van der Waals surface area contributed by atoms with Crippen molar-refractivity contribution in [3.63, 3.8) is 0 Å². The Morgan fingerprint density at radius 3 is 2.68 bits per heavy atom. The van der Waals surface area contributed by atoms with Gasteiger partial charge in [0.25, 0.3) is 0 Å². The van der Waals surface area contributed by atoms with Gasteiger partial charge in [-0.2, -0.15) is 0 Å². The fourth-order valence-electron chi connectivity index (χ4n) is 3.36. The molecular weight excluding hydrogens is 330 g/mol. The monoisotopic (exact) mass is 351 g/mol. The molecule has 25 heavy (non-hydrogen) atoms. The summed E-state index contributed by atoms with van der Waals surface area (Å²) in [5.74, 6) is 1.28. The normalized spacial score (nSPS) is 13.9. The summed E-state index contributed by atoms with van der Waals surface area (Å²) in [6, 6.07) is 5.98. The molecule has 0 amide bonds. The van der Waals surface area contributed by atoms with Crippen LogP contribution in [-0.2, 0) is 13.0 Å². The fraction of sp³-hybridized carbons (Fsp3) is 0.350. The van der Waals surface area contributed by atoms with Crippen LogP contribution in [0.15, 0.2) is 36.0 Å². The molecule has 0 fully saturated rings. The van der Waals surface area contributed by atoms with Crippen LogP contribution >= 0.6 is 11.3 Å². The first-order valence-electron chi connectivity index (χ1n) is 8.59. The van der Waals surface area contributed by atoms with Crippen LogP contribution in [0.5, 0.6) is 0 Å². The van der Waals surface area contributed by atoms with Crippen LogP contribution in [0.25, 0.3) is 21.8 Å². The maximum absolute atomic E-state index is 12.9. The first-order valence-corrected chi connectivity index (χ1v) is 9.47. The highest BCUT2D eigenvalue weighted by Gasteiger charge is 2.30. The highest BCUT2D eigenvalue weighted by atomic mass is 32.1. The molecule has 0 spiro atoms. The van der Waals surface area contributed by atoms with E-state index in [4.69, 9.17) is 4.98 Å². The number of aryl methyl sites for hydroxylation is 1. The Morgan fingerprint density at radius 1 is 1.20 bits per heavy atom. The minimum atomic E-state index is -0.408. The van der Waals surface area contributed by atoms with E-state index >= 15 is 0 Å². The topological polar surface area (TPSA) is 47.8 Å². The summed E-state index contributed by atoms with van der Waals surface area (Å²) >= 11 is 1.60. The van der Waals surface area contributed by atoms with Gasteiger partial charge in [-0.3, -0.25) is 9.78 Å². The van der Waals surface area contributed by atoms with Crippen molar-refractivity contribution < 1.29 is 4.79 Å². The van der Waals surface area contributed by atoms with Crippen molar-refractivity contribution >= 4 is 17.1 Å². The van der Waals surface area contributed by atoms with E-state index in [9.17, 15) is 4.79 Å². The molecule has 0 saturated heterocycles. The van der Waals surface area contributed by atoms with Gasteiger partial charge in [-0.05, 0) is 30.0 Å². The van der Waals surface area contributed by atoms with E-state index < -0.39 is 5.41 Å². The Kier molecular flexibility index (Phi) is 3.84. The molecule has 0 radical (unpaired) electrons. The Hall–Kier alpha value is -2.27. The van der Waals surface area contributed by atoms with Gasteiger partial charge in [-0.1, -0.05) is 20.8 Å². The average molecular weight is 351 g/mol. The molecule has 0 saturated carbocycles. The van der Waals surface area contributed by atoms with Crippen LogP contribution in [0.4, 0.5) is 0 Å². The number of rotatable bonds is 3. The number of imidazole rings is 1. The van der Waals surface area contributed by atoms with E-state index in [1.165, 1.54) is 0 Å². The van der Waals surface area contributed by atoms with Crippen LogP contribution in [-0.4, -0.2) is 20.3 Å². The first kappa shape index (κ1) is 16.2. The van der Waals surface area contributed by atoms with Gasteiger partial charge in [0.2, 0.25) is 0 Å². The van der Waals surface area contributed by atoms with Crippen molar-refractivity contribution in [3.8, 4) is 21.8 Å². The number of ketones is 1. The maximum Gasteiger partial charge on any atom is 0.169 e. The van der Waals surface area contributed by atoms with Crippen LogP contribution in [0.1, 0.15) is 43.4 Å². The maximum atomic E-state index is 12.9. The molecule has 1 aliphatic rings. The zero-order valence-electron chi connectivity index (χ0n) is 14.7. The second-order valence-electron chi connectivity index (χ2n) is 7.46. The van der Waals surface area contributed by atoms with Gasteiger partial charge in [-0.25, -0.2) is 4.98 Å². The molecule has 5 heteroatoms. The molecule has 3 aromatic rings. The molecule has 0 aromatic carbocycles. The Bertz CT molecular complexity index is 932. The highest BCUT2D eigenvalue weighted by molar-refractivity contribution is 7.14. The molecule has 4 heterocycles. The van der Waals surface area contributed by atoms with E-state index in [-0.39, 0.29) is 5.78 Å². The third kappa shape index (κ3) is 2.72. The van der Waals surface area contributed by atoms with Gasteiger partial charge in [0.15, 0.2) is 5.78 Å². The Balaban J connectivity index is 1.92. The Morgan fingerprint density at radius 2 is 1.96 bits per heavy atom. The smallest absolute Gasteiger partial charge is 0.169 e. The van der Waals surface area contributed by atoms with E-state index in [1.807, 2.05) is 56.7 Å². The van der Waals surface area contributed by atoms with Gasteiger partial charge in [0, 0.05) is 41.9 Å². The zero-order valence-corrected chi connectivity index (χ0v) is 15.6. The van der Waals surface area contributed by atoms with Crippen molar-refractivity contribution in [2.45, 2.75) is 40.2 Å². The van der Waals surface area contributed by atoms with E-state index in [0.29, 0.717) is 0 Å². The number of carbonyl (C=O) groups is 1. The van der Waals surface area contributed by atoms with E-state index in [1.54, 1.807) is 11.3 Å². The van der Waals surface area contributed by atoms with E-state index in [0.717, 1.165) is 52.6 Å². The number of pyridine rings is 1. The summed E-state index contributed by atoms with van der Waals surface area (Å²) < 4.78 is 2.30. The summed E-state index contributed by atoms with van der Waals surface area (Å²) in [7, 11) is 0. The van der Waals surface area contributed by atoms with Crippen LogP contribution in [0, 0.1) is 5.41 Å². The zero-order chi connectivity index (χ0) is 17.6. The molecule has 128 valence electrons. The number of Topliss-reactive ketones (excluding diaryl/α,β-unsaturated/α-hetero) is 1. The lowest BCUT2D eigenvalue weighted by molar-refractivity contribution is 0.0859. The SMILES string of the molecule is CC(C)(C)C(=O)c1ccsc1-c1nc2n(c1-c1ccncc1)CCC2. The summed E-state index contributed by atoms with van der Waals surface area (Å²) in [5.41, 5.74) is 3.52. The van der Waals surface area contributed by atoms with Gasteiger partial charge in [0.05, 0.1) is 10.6 Å². The van der Waals surface area contributed by atoms with Gasteiger partial charge in [0.1, 0.15) is 11.5 Å². The molecule has 0 aliphatic carbocycles. The second-order valence-corrected chi connectivity index (χ2v) is 8.37. The van der Waals surface area contributed by atoms with Crippen molar-refractivity contribution in [2.24, 2.45) is 5.41 Å². The minimum Gasteiger partial charge on any atom is -0.327 e. The number of aromatic nitrogens is 3.